The predicted molar refractivity (Wildman–Crippen MR) is 94.2 cm³/mol. The molecule has 4 rings (SSSR count). The molecule has 122 valence electrons. The maximum atomic E-state index is 12.1. The molecule has 24 heavy (non-hydrogen) atoms. The van der Waals surface area contributed by atoms with Gasteiger partial charge in [0, 0.05) is 32.5 Å². The van der Waals surface area contributed by atoms with Crippen LogP contribution in [0.25, 0.3) is 10.8 Å². The highest BCUT2D eigenvalue weighted by molar-refractivity contribution is 5.85. The van der Waals surface area contributed by atoms with Gasteiger partial charge in [-0.2, -0.15) is 0 Å². The van der Waals surface area contributed by atoms with Crippen LogP contribution >= 0.6 is 0 Å². The highest BCUT2D eigenvalue weighted by Crippen LogP contribution is 2.22. The molecule has 0 amide bonds. The van der Waals surface area contributed by atoms with E-state index in [1.54, 1.807) is 24.0 Å². The van der Waals surface area contributed by atoms with E-state index >= 15 is 0 Å². The Morgan fingerprint density at radius 3 is 2.83 bits per heavy atom. The van der Waals surface area contributed by atoms with E-state index in [4.69, 9.17) is 4.74 Å². The molecule has 0 unspecified atom stereocenters. The van der Waals surface area contributed by atoms with Gasteiger partial charge in [0.2, 0.25) is 0 Å². The van der Waals surface area contributed by atoms with E-state index in [-0.39, 0.29) is 11.7 Å². The lowest BCUT2D eigenvalue weighted by Gasteiger charge is -2.39. The Labute approximate surface area is 140 Å². The normalized spacial score (nSPS) is 14.8. The van der Waals surface area contributed by atoms with Crippen molar-refractivity contribution < 1.29 is 4.74 Å². The number of ether oxygens (including phenoxy) is 1. The van der Waals surface area contributed by atoms with Crippen LogP contribution in [-0.2, 0) is 18.4 Å². The van der Waals surface area contributed by atoms with Crippen molar-refractivity contribution in [1.82, 2.24) is 9.55 Å². The minimum absolute atomic E-state index is 0.0648. The maximum absolute atomic E-state index is 12.1. The van der Waals surface area contributed by atoms with Crippen LogP contribution in [-0.4, -0.2) is 28.7 Å². The SMILES string of the molecule is Cn1ccnc(N2CC(OCc3cccc4ccccc34)C2)c1=O. The zero-order valence-electron chi connectivity index (χ0n) is 13.6. The fourth-order valence-corrected chi connectivity index (χ4v) is 3.04. The number of hydrogen-bond donors (Lipinski definition) is 0. The van der Waals surface area contributed by atoms with E-state index < -0.39 is 0 Å². The average Bonchev–Trinajstić information content (AvgIpc) is 2.57. The van der Waals surface area contributed by atoms with Crippen LogP contribution in [0.1, 0.15) is 5.56 Å². The monoisotopic (exact) mass is 321 g/mol. The number of benzene rings is 2. The quantitative estimate of drug-likeness (QED) is 0.740. The lowest BCUT2D eigenvalue weighted by molar-refractivity contribution is 0.0225. The average molecular weight is 321 g/mol. The second-order valence-corrected chi connectivity index (χ2v) is 6.14. The summed E-state index contributed by atoms with van der Waals surface area (Å²) in [5.41, 5.74) is 1.13. The Morgan fingerprint density at radius 2 is 1.96 bits per heavy atom. The van der Waals surface area contributed by atoms with E-state index in [1.807, 2.05) is 17.0 Å². The molecule has 1 aliphatic rings. The molecule has 0 N–H and O–H groups in total. The summed E-state index contributed by atoms with van der Waals surface area (Å²) in [7, 11) is 1.74. The summed E-state index contributed by atoms with van der Waals surface area (Å²) >= 11 is 0. The number of nitrogens with zero attached hydrogens (tertiary/aromatic N) is 3. The van der Waals surface area contributed by atoms with E-state index in [2.05, 4.69) is 35.3 Å². The molecule has 0 aliphatic carbocycles. The zero-order chi connectivity index (χ0) is 16.5. The molecule has 5 nitrogen and oxygen atoms in total. The summed E-state index contributed by atoms with van der Waals surface area (Å²) in [6.07, 6.45) is 3.46. The number of aryl methyl sites for hydroxylation is 1. The summed E-state index contributed by atoms with van der Waals surface area (Å²) in [6.45, 7) is 1.99. The van der Waals surface area contributed by atoms with Gasteiger partial charge in [-0.05, 0) is 16.3 Å². The van der Waals surface area contributed by atoms with Gasteiger partial charge in [-0.3, -0.25) is 4.79 Å². The predicted octanol–water partition coefficient (Wildman–Crippen LogP) is 2.34. The van der Waals surface area contributed by atoms with Crippen molar-refractivity contribution in [2.24, 2.45) is 7.05 Å². The molecule has 1 aliphatic heterocycles. The van der Waals surface area contributed by atoms with Crippen LogP contribution in [0.5, 0.6) is 0 Å². The first-order valence-corrected chi connectivity index (χ1v) is 8.07. The zero-order valence-corrected chi connectivity index (χ0v) is 13.6. The molecule has 5 heteroatoms. The van der Waals surface area contributed by atoms with Gasteiger partial charge in [-0.25, -0.2) is 4.98 Å². The van der Waals surface area contributed by atoms with Crippen molar-refractivity contribution in [3.05, 3.63) is 70.8 Å². The summed E-state index contributed by atoms with van der Waals surface area (Å²) in [5.74, 6) is 0.505. The molecule has 0 bridgehead atoms. The summed E-state index contributed by atoms with van der Waals surface area (Å²) in [5, 5.41) is 2.46. The molecule has 0 spiro atoms. The van der Waals surface area contributed by atoms with Crippen molar-refractivity contribution in [2.45, 2.75) is 12.7 Å². The van der Waals surface area contributed by atoms with Crippen molar-refractivity contribution in [3.8, 4) is 0 Å². The van der Waals surface area contributed by atoms with Crippen LogP contribution in [0.3, 0.4) is 0 Å². The minimum atomic E-state index is -0.0648. The Morgan fingerprint density at radius 1 is 1.17 bits per heavy atom. The smallest absolute Gasteiger partial charge is 0.293 e. The van der Waals surface area contributed by atoms with Crippen molar-refractivity contribution >= 4 is 16.6 Å². The van der Waals surface area contributed by atoms with Crippen LogP contribution < -0.4 is 10.5 Å². The van der Waals surface area contributed by atoms with Gasteiger partial charge in [-0.15, -0.1) is 0 Å². The molecule has 2 aromatic carbocycles. The van der Waals surface area contributed by atoms with E-state index in [1.165, 1.54) is 16.3 Å². The van der Waals surface area contributed by atoms with E-state index in [9.17, 15) is 4.79 Å². The third kappa shape index (κ3) is 2.67. The first-order chi connectivity index (χ1) is 11.7. The van der Waals surface area contributed by atoms with E-state index in [0.717, 1.165) is 0 Å². The lowest BCUT2D eigenvalue weighted by Crippen LogP contribution is -2.54. The third-order valence-electron chi connectivity index (χ3n) is 4.50. The summed E-state index contributed by atoms with van der Waals surface area (Å²) < 4.78 is 7.56. The summed E-state index contributed by atoms with van der Waals surface area (Å²) in [6, 6.07) is 14.6. The lowest BCUT2D eigenvalue weighted by atomic mass is 10.1. The molecule has 1 fully saturated rings. The van der Waals surface area contributed by atoms with Crippen LogP contribution in [0.15, 0.2) is 59.7 Å². The Hall–Kier alpha value is -2.66. The van der Waals surface area contributed by atoms with Gasteiger partial charge >= 0.3 is 0 Å². The van der Waals surface area contributed by atoms with Gasteiger partial charge < -0.3 is 14.2 Å². The first-order valence-electron chi connectivity index (χ1n) is 8.07. The maximum Gasteiger partial charge on any atom is 0.293 e. The second-order valence-electron chi connectivity index (χ2n) is 6.14. The number of hydrogen-bond acceptors (Lipinski definition) is 4. The van der Waals surface area contributed by atoms with E-state index in [0.29, 0.717) is 25.5 Å². The molecule has 0 radical (unpaired) electrons. The van der Waals surface area contributed by atoms with Gasteiger partial charge in [0.1, 0.15) is 0 Å². The first kappa shape index (κ1) is 14.9. The summed E-state index contributed by atoms with van der Waals surface area (Å²) in [4.78, 5) is 18.2. The third-order valence-corrected chi connectivity index (χ3v) is 4.50. The standard InChI is InChI=1S/C19H19N3O2/c1-21-10-9-20-18(19(21)23)22-11-16(12-22)24-13-15-7-4-6-14-5-2-3-8-17(14)15/h2-10,16H,11-13H2,1H3. The van der Waals surface area contributed by atoms with Gasteiger partial charge in [0.05, 0.1) is 12.7 Å². The van der Waals surface area contributed by atoms with Crippen LogP contribution in [0.4, 0.5) is 5.82 Å². The molecule has 2 heterocycles. The molecular formula is C19H19N3O2. The van der Waals surface area contributed by atoms with Crippen molar-refractivity contribution in [2.75, 3.05) is 18.0 Å². The molecule has 0 saturated carbocycles. The van der Waals surface area contributed by atoms with Crippen molar-refractivity contribution in [1.29, 1.82) is 0 Å². The van der Waals surface area contributed by atoms with Gasteiger partial charge in [0.25, 0.3) is 5.56 Å². The highest BCUT2D eigenvalue weighted by atomic mass is 16.5. The van der Waals surface area contributed by atoms with Crippen molar-refractivity contribution in [3.63, 3.8) is 0 Å². The minimum Gasteiger partial charge on any atom is -0.370 e. The molecule has 0 atom stereocenters. The fraction of sp³-hybridized carbons (Fsp3) is 0.263. The fourth-order valence-electron chi connectivity index (χ4n) is 3.04. The van der Waals surface area contributed by atoms with Gasteiger partial charge in [0.15, 0.2) is 5.82 Å². The number of anilines is 1. The van der Waals surface area contributed by atoms with Crippen LogP contribution in [0.2, 0.25) is 0 Å². The molecule has 1 saturated heterocycles. The Balaban J connectivity index is 1.40. The second kappa shape index (κ2) is 6.09. The molecular weight excluding hydrogens is 302 g/mol. The van der Waals surface area contributed by atoms with Crippen LogP contribution in [0, 0.1) is 0 Å². The number of rotatable bonds is 4. The molecule has 3 aromatic rings. The number of aromatic nitrogens is 2. The Bertz CT molecular complexity index is 924. The molecule has 1 aromatic heterocycles. The largest absolute Gasteiger partial charge is 0.370 e. The Kier molecular flexibility index (Phi) is 3.78. The highest BCUT2D eigenvalue weighted by Gasteiger charge is 2.30. The number of fused-ring (bicyclic) bond motifs is 1. The van der Waals surface area contributed by atoms with Gasteiger partial charge in [-0.1, -0.05) is 42.5 Å². The topological polar surface area (TPSA) is 47.4 Å².